The van der Waals surface area contributed by atoms with Crippen LogP contribution in [0.25, 0.3) is 0 Å². The molecular weight excluding hydrogens is 152 g/mol. The first kappa shape index (κ1) is 9.30. The Kier molecular flexibility index (Phi) is 2.27. The summed E-state index contributed by atoms with van der Waals surface area (Å²) >= 11 is 0. The number of carboxylic acid groups (broad SMARTS) is 1. The smallest absolute Gasteiger partial charge is 0.309 e. The van der Waals surface area contributed by atoms with Gasteiger partial charge >= 0.3 is 5.97 Å². The molecule has 0 amide bonds. The van der Waals surface area contributed by atoms with Crippen molar-refractivity contribution < 1.29 is 9.90 Å². The van der Waals surface area contributed by atoms with Crippen LogP contribution in [0.3, 0.4) is 0 Å². The van der Waals surface area contributed by atoms with Crippen LogP contribution in [0.2, 0.25) is 0 Å². The standard InChI is InChI=1S/C10H16O2/c1-7(2)8-4-5-10(3,6-8)9(11)12/h4-6H2,1-3H3,(H,11,12)/t10-/m0/s1. The van der Waals surface area contributed by atoms with Gasteiger partial charge in [0.1, 0.15) is 0 Å². The van der Waals surface area contributed by atoms with Crippen LogP contribution in [-0.2, 0) is 4.79 Å². The largest absolute Gasteiger partial charge is 0.481 e. The average Bonchev–Trinajstić information content (AvgIpc) is 2.33. The molecule has 68 valence electrons. The highest BCUT2D eigenvalue weighted by atomic mass is 16.4. The van der Waals surface area contributed by atoms with E-state index in [0.29, 0.717) is 0 Å². The Morgan fingerprint density at radius 1 is 1.50 bits per heavy atom. The van der Waals surface area contributed by atoms with E-state index in [-0.39, 0.29) is 0 Å². The maximum Gasteiger partial charge on any atom is 0.309 e. The number of hydrogen-bond acceptors (Lipinski definition) is 1. The van der Waals surface area contributed by atoms with E-state index in [9.17, 15) is 4.79 Å². The summed E-state index contributed by atoms with van der Waals surface area (Å²) in [4.78, 5) is 10.9. The molecule has 2 nitrogen and oxygen atoms in total. The van der Waals surface area contributed by atoms with Gasteiger partial charge in [0.25, 0.3) is 0 Å². The van der Waals surface area contributed by atoms with Gasteiger partial charge in [0.2, 0.25) is 0 Å². The van der Waals surface area contributed by atoms with Crippen LogP contribution in [0.1, 0.15) is 40.0 Å². The van der Waals surface area contributed by atoms with Crippen LogP contribution < -0.4 is 0 Å². The van der Waals surface area contributed by atoms with Crippen molar-refractivity contribution in [2.45, 2.75) is 40.0 Å². The SMILES string of the molecule is CC(C)=C1CC[C@](C)(C(=O)O)C1. The van der Waals surface area contributed by atoms with Gasteiger partial charge in [-0.2, -0.15) is 0 Å². The molecule has 0 bridgehead atoms. The zero-order chi connectivity index (χ0) is 9.35. The predicted octanol–water partition coefficient (Wildman–Crippen LogP) is 2.60. The van der Waals surface area contributed by atoms with Gasteiger partial charge in [0.05, 0.1) is 5.41 Å². The molecular formula is C10H16O2. The molecule has 2 heteroatoms. The lowest BCUT2D eigenvalue weighted by Crippen LogP contribution is -2.23. The minimum absolute atomic E-state index is 0.493. The number of carboxylic acids is 1. The number of hydrogen-bond donors (Lipinski definition) is 1. The molecule has 1 aliphatic carbocycles. The molecule has 1 N–H and O–H groups in total. The van der Waals surface area contributed by atoms with E-state index < -0.39 is 11.4 Å². The first-order valence-electron chi connectivity index (χ1n) is 4.34. The molecule has 0 aromatic heterocycles. The lowest BCUT2D eigenvalue weighted by atomic mass is 9.88. The normalized spacial score (nSPS) is 29.1. The Labute approximate surface area is 73.3 Å². The molecule has 0 spiro atoms. The van der Waals surface area contributed by atoms with E-state index in [1.807, 2.05) is 6.92 Å². The van der Waals surface area contributed by atoms with Crippen LogP contribution in [0, 0.1) is 5.41 Å². The third-order valence-electron chi connectivity index (χ3n) is 2.81. The van der Waals surface area contributed by atoms with Crippen molar-refractivity contribution >= 4 is 5.97 Å². The third-order valence-corrected chi connectivity index (χ3v) is 2.81. The van der Waals surface area contributed by atoms with Gasteiger partial charge in [-0.15, -0.1) is 0 Å². The molecule has 0 aromatic carbocycles. The zero-order valence-corrected chi connectivity index (χ0v) is 7.98. The molecule has 0 unspecified atom stereocenters. The molecule has 0 radical (unpaired) electrons. The van der Waals surface area contributed by atoms with Crippen LogP contribution in [0.5, 0.6) is 0 Å². The van der Waals surface area contributed by atoms with Gasteiger partial charge in [-0.25, -0.2) is 0 Å². The van der Waals surface area contributed by atoms with E-state index in [0.717, 1.165) is 19.3 Å². The molecule has 0 aliphatic heterocycles. The number of aliphatic carboxylic acids is 1. The zero-order valence-electron chi connectivity index (χ0n) is 7.98. The minimum atomic E-state index is -0.654. The van der Waals surface area contributed by atoms with Crippen LogP contribution in [0.4, 0.5) is 0 Å². The molecule has 12 heavy (non-hydrogen) atoms. The summed E-state index contributed by atoms with van der Waals surface area (Å²) in [5, 5.41) is 8.95. The van der Waals surface area contributed by atoms with Crippen molar-refractivity contribution in [3.05, 3.63) is 11.1 Å². The fourth-order valence-corrected chi connectivity index (χ4v) is 1.68. The van der Waals surface area contributed by atoms with Crippen LogP contribution >= 0.6 is 0 Å². The summed E-state index contributed by atoms with van der Waals surface area (Å²) in [5.41, 5.74) is 2.13. The van der Waals surface area contributed by atoms with Crippen LogP contribution in [0.15, 0.2) is 11.1 Å². The summed E-state index contributed by atoms with van der Waals surface area (Å²) in [6.45, 7) is 5.96. The highest BCUT2D eigenvalue weighted by Gasteiger charge is 2.38. The topological polar surface area (TPSA) is 37.3 Å². The third kappa shape index (κ3) is 1.52. The Morgan fingerprint density at radius 3 is 2.33 bits per heavy atom. The highest BCUT2D eigenvalue weighted by Crippen LogP contribution is 2.42. The predicted molar refractivity (Wildman–Crippen MR) is 48.0 cm³/mol. The molecule has 0 saturated heterocycles. The summed E-state index contributed by atoms with van der Waals surface area (Å²) in [6.07, 6.45) is 2.50. The van der Waals surface area contributed by atoms with Gasteiger partial charge in [-0.1, -0.05) is 11.1 Å². The molecule has 1 saturated carbocycles. The Balaban J connectivity index is 2.81. The van der Waals surface area contributed by atoms with Crippen molar-refractivity contribution in [2.24, 2.45) is 5.41 Å². The molecule has 1 aliphatic rings. The van der Waals surface area contributed by atoms with E-state index in [1.54, 1.807) is 0 Å². The van der Waals surface area contributed by atoms with Gasteiger partial charge in [-0.05, 0) is 40.0 Å². The molecule has 1 rings (SSSR count). The van der Waals surface area contributed by atoms with Crippen molar-refractivity contribution in [3.63, 3.8) is 0 Å². The Bertz CT molecular complexity index is 236. The second-order valence-corrected chi connectivity index (χ2v) is 4.15. The Morgan fingerprint density at radius 2 is 2.08 bits per heavy atom. The molecule has 0 heterocycles. The van der Waals surface area contributed by atoms with Gasteiger partial charge in [0.15, 0.2) is 0 Å². The average molecular weight is 168 g/mol. The monoisotopic (exact) mass is 168 g/mol. The van der Waals surface area contributed by atoms with Gasteiger partial charge in [-0.3, -0.25) is 4.79 Å². The van der Waals surface area contributed by atoms with Crippen molar-refractivity contribution in [1.29, 1.82) is 0 Å². The first-order valence-corrected chi connectivity index (χ1v) is 4.34. The summed E-state index contributed by atoms with van der Waals surface area (Å²) < 4.78 is 0. The van der Waals surface area contributed by atoms with Crippen LogP contribution in [-0.4, -0.2) is 11.1 Å². The number of carbonyl (C=O) groups is 1. The van der Waals surface area contributed by atoms with Crippen molar-refractivity contribution in [3.8, 4) is 0 Å². The summed E-state index contributed by atoms with van der Waals surface area (Å²) in [6, 6.07) is 0. The Hall–Kier alpha value is -0.790. The lowest BCUT2D eigenvalue weighted by Gasteiger charge is -2.16. The lowest BCUT2D eigenvalue weighted by molar-refractivity contribution is -0.147. The highest BCUT2D eigenvalue weighted by molar-refractivity contribution is 5.75. The van der Waals surface area contributed by atoms with Crippen molar-refractivity contribution in [2.75, 3.05) is 0 Å². The van der Waals surface area contributed by atoms with E-state index in [1.165, 1.54) is 11.1 Å². The second kappa shape index (κ2) is 2.92. The summed E-state index contributed by atoms with van der Waals surface area (Å²) in [7, 11) is 0. The maximum atomic E-state index is 10.9. The number of allylic oxidation sites excluding steroid dienone is 2. The van der Waals surface area contributed by atoms with Gasteiger partial charge in [0, 0.05) is 0 Å². The first-order chi connectivity index (χ1) is 5.46. The fourth-order valence-electron chi connectivity index (χ4n) is 1.68. The van der Waals surface area contributed by atoms with Gasteiger partial charge < -0.3 is 5.11 Å². The number of rotatable bonds is 1. The van der Waals surface area contributed by atoms with E-state index in [4.69, 9.17) is 5.11 Å². The molecule has 1 fully saturated rings. The van der Waals surface area contributed by atoms with E-state index in [2.05, 4.69) is 13.8 Å². The maximum absolute atomic E-state index is 10.9. The summed E-state index contributed by atoms with van der Waals surface area (Å²) in [5.74, 6) is -0.654. The second-order valence-electron chi connectivity index (χ2n) is 4.15. The minimum Gasteiger partial charge on any atom is -0.481 e. The quantitative estimate of drug-likeness (QED) is 0.611. The van der Waals surface area contributed by atoms with Crippen molar-refractivity contribution in [1.82, 2.24) is 0 Å². The van der Waals surface area contributed by atoms with E-state index >= 15 is 0 Å². The molecule has 1 atom stereocenters. The molecule has 0 aromatic rings. The fraction of sp³-hybridized carbons (Fsp3) is 0.700.